The van der Waals surface area contributed by atoms with Gasteiger partial charge in [0.15, 0.2) is 0 Å². The molecule has 0 spiro atoms. The van der Waals surface area contributed by atoms with Crippen molar-refractivity contribution in [3.05, 3.63) is 0 Å². The van der Waals surface area contributed by atoms with Crippen molar-refractivity contribution < 1.29 is 0 Å². The molecule has 0 aliphatic rings. The molecule has 3 N–H and O–H groups in total. The normalized spacial score (nSPS) is 8.57. The molecule has 0 saturated heterocycles. The molecule has 7 heavy (non-hydrogen) atoms. The van der Waals surface area contributed by atoms with Gasteiger partial charge in [-0.05, 0) is 5.41 Å². The maximum absolute atomic E-state index is 2.19. The summed E-state index contributed by atoms with van der Waals surface area (Å²) in [5.41, 5.74) is 0.500. The smallest absolute Gasteiger partial charge is 0.0411 e. The standard InChI is InChI=1S/C5H12.ClH.H3N/c1-5(2,3)4;;/h1-4H3;1H;1H3. The van der Waals surface area contributed by atoms with Gasteiger partial charge in [-0.3, -0.25) is 0 Å². The van der Waals surface area contributed by atoms with E-state index in [1.54, 1.807) is 0 Å². The predicted molar refractivity (Wildman–Crippen MR) is 37.4 cm³/mol. The van der Waals surface area contributed by atoms with Crippen LogP contribution in [0.1, 0.15) is 27.7 Å². The van der Waals surface area contributed by atoms with Crippen LogP contribution in [-0.2, 0) is 0 Å². The topological polar surface area (TPSA) is 35.0 Å². The van der Waals surface area contributed by atoms with E-state index >= 15 is 0 Å². The summed E-state index contributed by atoms with van der Waals surface area (Å²) in [5, 5.41) is 0. The van der Waals surface area contributed by atoms with Crippen molar-refractivity contribution >= 4 is 12.4 Å². The Bertz CT molecular complexity index is 23.6. The first kappa shape index (κ1) is 15.7. The van der Waals surface area contributed by atoms with Crippen LogP contribution in [0.2, 0.25) is 0 Å². The second kappa shape index (κ2) is 4.41. The number of rotatable bonds is 0. The third kappa shape index (κ3) is 1810. The molecule has 0 aliphatic carbocycles. The van der Waals surface area contributed by atoms with E-state index in [1.807, 2.05) is 0 Å². The van der Waals surface area contributed by atoms with Crippen LogP contribution in [-0.4, -0.2) is 0 Å². The molecular formula is C5H16ClN. The van der Waals surface area contributed by atoms with E-state index in [1.165, 1.54) is 0 Å². The summed E-state index contributed by atoms with van der Waals surface area (Å²) < 4.78 is 0. The summed E-state index contributed by atoms with van der Waals surface area (Å²) in [7, 11) is 0. The quantitative estimate of drug-likeness (QED) is 0.531. The third-order valence-electron chi connectivity index (χ3n) is 0. The summed E-state index contributed by atoms with van der Waals surface area (Å²) in [6.45, 7) is 8.75. The summed E-state index contributed by atoms with van der Waals surface area (Å²) in [6.07, 6.45) is 0. The van der Waals surface area contributed by atoms with Gasteiger partial charge in [0.25, 0.3) is 0 Å². The van der Waals surface area contributed by atoms with E-state index in [2.05, 4.69) is 27.7 Å². The molecule has 0 aromatic carbocycles. The predicted octanol–water partition coefficient (Wildman–Crippen LogP) is 2.64. The van der Waals surface area contributed by atoms with Crippen molar-refractivity contribution in [1.82, 2.24) is 6.15 Å². The van der Waals surface area contributed by atoms with Gasteiger partial charge in [-0.2, -0.15) is 0 Å². The van der Waals surface area contributed by atoms with Crippen LogP contribution in [0.15, 0.2) is 0 Å². The Morgan fingerprint density at radius 1 is 0.857 bits per heavy atom. The highest BCUT2D eigenvalue weighted by Crippen LogP contribution is 2.07. The lowest BCUT2D eigenvalue weighted by molar-refractivity contribution is 0.469. The van der Waals surface area contributed by atoms with Gasteiger partial charge in [0.1, 0.15) is 0 Å². The summed E-state index contributed by atoms with van der Waals surface area (Å²) in [6, 6.07) is 0. The van der Waals surface area contributed by atoms with Crippen LogP contribution in [0.4, 0.5) is 0 Å². The zero-order valence-electron chi connectivity index (χ0n) is 5.62. The Hall–Kier alpha value is 0.250. The van der Waals surface area contributed by atoms with Gasteiger partial charge in [0.05, 0.1) is 0 Å². The molecule has 0 aromatic rings. The average molecular weight is 126 g/mol. The van der Waals surface area contributed by atoms with Gasteiger partial charge < -0.3 is 6.15 Å². The number of hydrogen-bond acceptors (Lipinski definition) is 1. The van der Waals surface area contributed by atoms with Gasteiger partial charge in [-0.25, -0.2) is 0 Å². The van der Waals surface area contributed by atoms with Crippen LogP contribution in [0.25, 0.3) is 0 Å². The molecule has 0 bridgehead atoms. The lowest BCUT2D eigenvalue weighted by Crippen LogP contribution is -1.93. The van der Waals surface area contributed by atoms with Gasteiger partial charge in [0.2, 0.25) is 0 Å². The van der Waals surface area contributed by atoms with Gasteiger partial charge >= 0.3 is 0 Å². The zero-order chi connectivity index (χ0) is 4.50. The molecule has 0 unspecified atom stereocenters. The van der Waals surface area contributed by atoms with E-state index < -0.39 is 0 Å². The van der Waals surface area contributed by atoms with E-state index in [4.69, 9.17) is 0 Å². The second-order valence-corrected chi connectivity index (χ2v) is 3.00. The van der Waals surface area contributed by atoms with Crippen molar-refractivity contribution in [2.24, 2.45) is 5.41 Å². The highest BCUT2D eigenvalue weighted by Gasteiger charge is 1.95. The molecule has 0 aliphatic heterocycles. The molecule has 0 amide bonds. The van der Waals surface area contributed by atoms with Crippen LogP contribution in [0.3, 0.4) is 0 Å². The molecular weight excluding hydrogens is 110 g/mol. The van der Waals surface area contributed by atoms with E-state index in [9.17, 15) is 0 Å². The maximum atomic E-state index is 2.19. The van der Waals surface area contributed by atoms with E-state index in [0.29, 0.717) is 5.41 Å². The lowest BCUT2D eigenvalue weighted by Gasteiger charge is -2.05. The first-order valence-corrected chi connectivity index (χ1v) is 2.00. The van der Waals surface area contributed by atoms with Crippen molar-refractivity contribution in [3.63, 3.8) is 0 Å². The Balaban J connectivity index is -0.0000000800. The average Bonchev–Trinajstić information content (AvgIpc) is 0.722. The summed E-state index contributed by atoms with van der Waals surface area (Å²) in [4.78, 5) is 0. The molecule has 0 fully saturated rings. The van der Waals surface area contributed by atoms with Crippen molar-refractivity contribution in [3.8, 4) is 0 Å². The fraction of sp³-hybridized carbons (Fsp3) is 1.00. The fourth-order valence-electron chi connectivity index (χ4n) is 0. The molecule has 0 rings (SSSR count). The van der Waals surface area contributed by atoms with Crippen LogP contribution < -0.4 is 6.15 Å². The Labute approximate surface area is 52.5 Å². The Morgan fingerprint density at radius 2 is 0.857 bits per heavy atom. The summed E-state index contributed by atoms with van der Waals surface area (Å²) in [5.74, 6) is 0. The van der Waals surface area contributed by atoms with Crippen molar-refractivity contribution in [2.75, 3.05) is 0 Å². The third-order valence-corrected chi connectivity index (χ3v) is 0. The molecule has 0 heterocycles. The van der Waals surface area contributed by atoms with Gasteiger partial charge in [-0.1, -0.05) is 27.7 Å². The molecule has 1 nitrogen and oxygen atoms in total. The largest absolute Gasteiger partial charge is 0.344 e. The minimum absolute atomic E-state index is 0. The van der Waals surface area contributed by atoms with Gasteiger partial charge in [-0.15, -0.1) is 12.4 Å². The number of halogens is 1. The molecule has 0 radical (unpaired) electrons. The molecule has 0 saturated carbocycles. The highest BCUT2D eigenvalue weighted by atomic mass is 35.5. The molecule has 0 atom stereocenters. The Morgan fingerprint density at radius 3 is 0.857 bits per heavy atom. The Kier molecular flexibility index (Phi) is 9.88. The van der Waals surface area contributed by atoms with Gasteiger partial charge in [0, 0.05) is 0 Å². The fourth-order valence-corrected chi connectivity index (χ4v) is 0. The van der Waals surface area contributed by atoms with Crippen molar-refractivity contribution in [1.29, 1.82) is 0 Å². The van der Waals surface area contributed by atoms with Crippen LogP contribution in [0.5, 0.6) is 0 Å². The molecule has 0 aromatic heterocycles. The van der Waals surface area contributed by atoms with E-state index in [-0.39, 0.29) is 18.6 Å². The SMILES string of the molecule is CC(C)(C)C.Cl.N. The second-order valence-electron chi connectivity index (χ2n) is 3.00. The first-order chi connectivity index (χ1) is 2.00. The summed E-state index contributed by atoms with van der Waals surface area (Å²) >= 11 is 0. The minimum Gasteiger partial charge on any atom is -0.344 e. The van der Waals surface area contributed by atoms with E-state index in [0.717, 1.165) is 0 Å². The number of hydrogen-bond donors (Lipinski definition) is 1. The maximum Gasteiger partial charge on any atom is -0.0411 e. The highest BCUT2D eigenvalue weighted by molar-refractivity contribution is 5.85. The minimum atomic E-state index is 0. The molecule has 48 valence electrons. The van der Waals surface area contributed by atoms with Crippen molar-refractivity contribution in [2.45, 2.75) is 27.7 Å². The lowest BCUT2D eigenvalue weighted by atomic mass is 10.0. The zero-order valence-corrected chi connectivity index (χ0v) is 6.43. The monoisotopic (exact) mass is 125 g/mol. The molecule has 2 heteroatoms. The van der Waals surface area contributed by atoms with Crippen LogP contribution in [0, 0.1) is 5.41 Å². The first-order valence-electron chi connectivity index (χ1n) is 2.00. The van der Waals surface area contributed by atoms with Crippen LogP contribution >= 0.6 is 12.4 Å².